The maximum absolute atomic E-state index is 12.8. The molecule has 0 spiro atoms. The van der Waals surface area contributed by atoms with Crippen molar-refractivity contribution < 1.29 is 63.1 Å². The minimum atomic E-state index is -5.12. The van der Waals surface area contributed by atoms with Gasteiger partial charge in [0.05, 0.1) is 6.61 Å². The van der Waals surface area contributed by atoms with Crippen molar-refractivity contribution in [1.82, 2.24) is 0 Å². The number of phosphoric ester groups is 1. The van der Waals surface area contributed by atoms with Crippen molar-refractivity contribution in [2.24, 2.45) is 0 Å². The van der Waals surface area contributed by atoms with E-state index in [-0.39, 0.29) is 12.8 Å². The molecule has 0 aromatic rings. The third kappa shape index (κ3) is 30.4. The van der Waals surface area contributed by atoms with E-state index in [1.807, 2.05) is 0 Å². The van der Waals surface area contributed by atoms with Crippen LogP contribution in [-0.4, -0.2) is 98.3 Å². The van der Waals surface area contributed by atoms with Crippen molar-refractivity contribution in [2.45, 2.75) is 262 Å². The van der Waals surface area contributed by atoms with Gasteiger partial charge in [0.2, 0.25) is 0 Å². The van der Waals surface area contributed by atoms with Gasteiger partial charge in [0.15, 0.2) is 6.10 Å². The van der Waals surface area contributed by atoms with E-state index in [2.05, 4.69) is 26.0 Å². The van der Waals surface area contributed by atoms with Gasteiger partial charge in [0, 0.05) is 12.8 Å². The van der Waals surface area contributed by atoms with Crippen molar-refractivity contribution in [1.29, 1.82) is 0 Å². The van der Waals surface area contributed by atoms with Gasteiger partial charge in [0.25, 0.3) is 0 Å². The molecular formula is C47H89O13P. The van der Waals surface area contributed by atoms with E-state index >= 15 is 0 Å². The van der Waals surface area contributed by atoms with Crippen molar-refractivity contribution in [2.75, 3.05) is 13.2 Å². The Morgan fingerprint density at radius 2 is 0.836 bits per heavy atom. The second-order valence-corrected chi connectivity index (χ2v) is 18.7. The summed E-state index contributed by atoms with van der Waals surface area (Å²) in [4.78, 5) is 35.7. The molecule has 61 heavy (non-hydrogen) atoms. The van der Waals surface area contributed by atoms with Crippen molar-refractivity contribution in [3.8, 4) is 0 Å². The lowest BCUT2D eigenvalue weighted by atomic mass is 9.85. The fourth-order valence-electron chi connectivity index (χ4n) is 7.64. The summed E-state index contributed by atoms with van der Waals surface area (Å²) in [6.07, 6.45) is 26.9. The lowest BCUT2D eigenvalue weighted by Crippen LogP contribution is -2.64. The summed E-state index contributed by atoms with van der Waals surface area (Å²) in [7, 11) is -5.12. The monoisotopic (exact) mass is 893 g/mol. The number of rotatable bonds is 41. The smallest absolute Gasteiger partial charge is 0.462 e. The maximum atomic E-state index is 12.8. The molecule has 0 aromatic heterocycles. The third-order valence-corrected chi connectivity index (χ3v) is 12.6. The number of unbranched alkanes of at least 4 members (excludes halogenated alkanes) is 27. The molecule has 1 fully saturated rings. The first-order valence-corrected chi connectivity index (χ1v) is 26.0. The number of carbonyl (C=O) groups excluding carboxylic acids is 2. The molecule has 6 N–H and O–H groups in total. The third-order valence-electron chi connectivity index (χ3n) is 11.6. The molecule has 0 amide bonds. The maximum Gasteiger partial charge on any atom is 0.472 e. The summed E-state index contributed by atoms with van der Waals surface area (Å²) in [5.41, 5.74) is 0. The van der Waals surface area contributed by atoms with Crippen LogP contribution in [0.5, 0.6) is 0 Å². The first-order chi connectivity index (χ1) is 29.4. The summed E-state index contributed by atoms with van der Waals surface area (Å²) in [6, 6.07) is 0. The normalized spacial score (nSPS) is 22.0. The number of ether oxygens (including phenoxy) is 2. The molecule has 0 aromatic carbocycles. The lowest BCUT2D eigenvalue weighted by Gasteiger charge is -2.41. The Kier molecular flexibility index (Phi) is 35.8. The summed E-state index contributed by atoms with van der Waals surface area (Å²) in [5, 5.41) is 50.2. The SMILES string of the molecule is CCCCCCCCC/C=C\CCCCCCCC(=O)O[C@H](COC(=O)CCCCCCCCCCCCCCCCCC)COP(=O)(O)OC1C(O)C(O)C(O)[C@@H](O)C1O. The largest absolute Gasteiger partial charge is 0.472 e. The fourth-order valence-corrected chi connectivity index (χ4v) is 8.61. The minimum Gasteiger partial charge on any atom is -0.462 e. The molecule has 0 heterocycles. The summed E-state index contributed by atoms with van der Waals surface area (Å²) in [5.74, 6) is -1.10. The predicted molar refractivity (Wildman–Crippen MR) is 240 cm³/mol. The highest BCUT2D eigenvalue weighted by Crippen LogP contribution is 2.47. The van der Waals surface area contributed by atoms with Gasteiger partial charge < -0.3 is 39.9 Å². The molecule has 0 radical (unpaired) electrons. The number of esters is 2. The molecule has 0 aliphatic heterocycles. The quantitative estimate of drug-likeness (QED) is 0.0146. The summed E-state index contributed by atoms with van der Waals surface area (Å²) >= 11 is 0. The van der Waals surface area contributed by atoms with Crippen LogP contribution in [0.4, 0.5) is 0 Å². The van der Waals surface area contributed by atoms with E-state index in [1.165, 1.54) is 122 Å². The van der Waals surface area contributed by atoms with E-state index in [0.717, 1.165) is 57.8 Å². The van der Waals surface area contributed by atoms with Gasteiger partial charge in [-0.25, -0.2) is 4.57 Å². The molecule has 0 bridgehead atoms. The molecular weight excluding hydrogens is 803 g/mol. The van der Waals surface area contributed by atoms with Crippen LogP contribution in [-0.2, 0) is 32.7 Å². The number of hydrogen-bond donors (Lipinski definition) is 6. The van der Waals surface area contributed by atoms with Crippen LogP contribution in [0.15, 0.2) is 12.2 Å². The second-order valence-electron chi connectivity index (χ2n) is 17.3. The minimum absolute atomic E-state index is 0.0911. The number of aliphatic hydroxyl groups excluding tert-OH is 5. The number of allylic oxidation sites excluding steroid dienone is 2. The zero-order valence-corrected chi connectivity index (χ0v) is 39.1. The van der Waals surface area contributed by atoms with Crippen molar-refractivity contribution in [3.05, 3.63) is 12.2 Å². The van der Waals surface area contributed by atoms with E-state index in [0.29, 0.717) is 12.8 Å². The first-order valence-electron chi connectivity index (χ1n) is 24.5. The first kappa shape index (κ1) is 57.6. The highest BCUT2D eigenvalue weighted by atomic mass is 31.2. The van der Waals surface area contributed by atoms with Crippen LogP contribution in [0, 0.1) is 0 Å². The van der Waals surface area contributed by atoms with Crippen molar-refractivity contribution in [3.63, 3.8) is 0 Å². The highest BCUT2D eigenvalue weighted by molar-refractivity contribution is 7.47. The van der Waals surface area contributed by atoms with Crippen molar-refractivity contribution >= 4 is 19.8 Å². The van der Waals surface area contributed by atoms with Gasteiger partial charge in [-0.2, -0.15) is 0 Å². The zero-order chi connectivity index (χ0) is 45.0. The Morgan fingerprint density at radius 3 is 1.25 bits per heavy atom. The number of aliphatic hydroxyl groups is 5. The lowest BCUT2D eigenvalue weighted by molar-refractivity contribution is -0.220. The Morgan fingerprint density at radius 1 is 0.492 bits per heavy atom. The molecule has 8 atom stereocenters. The van der Waals surface area contributed by atoms with E-state index < -0.39 is 75.7 Å². The molecule has 14 heteroatoms. The van der Waals surface area contributed by atoms with Gasteiger partial charge in [0.1, 0.15) is 43.2 Å². The van der Waals surface area contributed by atoms with Crippen LogP contribution in [0.1, 0.15) is 219 Å². The topological polar surface area (TPSA) is 210 Å². The molecule has 1 rings (SSSR count). The molecule has 1 aliphatic carbocycles. The Labute approximate surface area is 369 Å². The van der Waals surface area contributed by atoms with Gasteiger partial charge in [-0.05, 0) is 38.5 Å². The van der Waals surface area contributed by atoms with Gasteiger partial charge in [-0.3, -0.25) is 18.6 Å². The summed E-state index contributed by atoms with van der Waals surface area (Å²) in [6.45, 7) is 3.32. The van der Waals surface area contributed by atoms with Gasteiger partial charge in [-0.15, -0.1) is 0 Å². The molecule has 13 nitrogen and oxygen atoms in total. The fraction of sp³-hybridized carbons (Fsp3) is 0.915. The van der Waals surface area contributed by atoms with Crippen LogP contribution in [0.2, 0.25) is 0 Å². The number of hydrogen-bond acceptors (Lipinski definition) is 12. The average molecular weight is 893 g/mol. The van der Waals surface area contributed by atoms with E-state index in [1.54, 1.807) is 0 Å². The zero-order valence-electron chi connectivity index (χ0n) is 38.2. The van der Waals surface area contributed by atoms with Gasteiger partial charge in [-0.1, -0.05) is 180 Å². The molecule has 6 unspecified atom stereocenters. The number of phosphoric acid groups is 1. The van der Waals surface area contributed by atoms with Gasteiger partial charge >= 0.3 is 19.8 Å². The van der Waals surface area contributed by atoms with Crippen LogP contribution < -0.4 is 0 Å². The Hall–Kier alpha value is -1.41. The van der Waals surface area contributed by atoms with E-state index in [9.17, 15) is 44.6 Å². The standard InChI is InChI=1S/C47H89O13P/c1-3-5-7-9-11-13-15-17-19-21-23-25-27-29-31-33-35-40(48)57-37-39(38-58-61(55,56)60-47-45(53)43(51)42(50)44(52)46(47)54)59-41(49)36-34-32-30-28-26-24-22-20-18-16-14-12-10-8-6-4-2/h20,22,39,42-47,50-54H,3-19,21,23-38H2,1-2H3,(H,55,56)/b22-20-/t39-,42?,43-,44?,45?,46?,47?/m1/s1. The second kappa shape index (κ2) is 37.9. The summed E-state index contributed by atoms with van der Waals surface area (Å²) < 4.78 is 33.6. The molecule has 360 valence electrons. The predicted octanol–water partition coefficient (Wildman–Crippen LogP) is 9.84. The molecule has 0 saturated heterocycles. The number of carbonyl (C=O) groups is 2. The Balaban J connectivity index is 2.43. The highest BCUT2D eigenvalue weighted by Gasteiger charge is 2.51. The van der Waals surface area contributed by atoms with Crippen LogP contribution in [0.25, 0.3) is 0 Å². The Bertz CT molecular complexity index is 1120. The molecule has 1 aliphatic rings. The average Bonchev–Trinajstić information content (AvgIpc) is 3.24. The molecule has 1 saturated carbocycles. The van der Waals surface area contributed by atoms with E-state index in [4.69, 9.17) is 18.5 Å². The van der Waals surface area contributed by atoms with Crippen LogP contribution >= 0.6 is 7.82 Å². The van der Waals surface area contributed by atoms with Crippen LogP contribution in [0.3, 0.4) is 0 Å².